The molecule has 6 heteroatoms. The molecule has 0 bridgehead atoms. The molecule has 3 heterocycles. The van der Waals surface area contributed by atoms with Crippen molar-refractivity contribution in [3.63, 3.8) is 0 Å². The van der Waals surface area contributed by atoms with Crippen molar-refractivity contribution in [2.75, 3.05) is 13.1 Å². The monoisotopic (exact) mass is 328 g/mol. The summed E-state index contributed by atoms with van der Waals surface area (Å²) < 4.78 is 15.2. The quantitative estimate of drug-likeness (QED) is 0.734. The second kappa shape index (κ2) is 6.22. The van der Waals surface area contributed by atoms with E-state index in [0.717, 1.165) is 37.3 Å². The largest absolute Gasteiger partial charge is 0.332 e. The van der Waals surface area contributed by atoms with E-state index in [1.165, 1.54) is 17.0 Å². The second-order valence-corrected chi connectivity index (χ2v) is 6.83. The highest BCUT2D eigenvalue weighted by Gasteiger charge is 2.24. The van der Waals surface area contributed by atoms with E-state index in [-0.39, 0.29) is 5.82 Å². The van der Waals surface area contributed by atoms with Crippen LogP contribution in [0.2, 0.25) is 0 Å². The highest BCUT2D eigenvalue weighted by Crippen LogP contribution is 2.26. The molecule has 0 amide bonds. The Morgan fingerprint density at radius 3 is 2.91 bits per heavy atom. The van der Waals surface area contributed by atoms with Gasteiger partial charge < -0.3 is 4.57 Å². The van der Waals surface area contributed by atoms with Gasteiger partial charge in [-0.3, -0.25) is 9.88 Å². The fraction of sp³-hybridized carbons (Fsp3) is 0.294. The van der Waals surface area contributed by atoms with Gasteiger partial charge in [-0.15, -0.1) is 11.3 Å². The van der Waals surface area contributed by atoms with Crippen molar-refractivity contribution in [3.05, 3.63) is 59.2 Å². The van der Waals surface area contributed by atoms with Crippen LogP contribution < -0.4 is 0 Å². The fourth-order valence-electron chi connectivity index (χ4n) is 3.05. The molecule has 1 aliphatic heterocycles. The van der Waals surface area contributed by atoms with Crippen LogP contribution in [0.5, 0.6) is 0 Å². The number of likely N-dealkylation sites (tertiary alicyclic amines) is 1. The lowest BCUT2D eigenvalue weighted by atomic mass is 10.2. The van der Waals surface area contributed by atoms with Crippen LogP contribution in [0.15, 0.2) is 48.5 Å². The van der Waals surface area contributed by atoms with Gasteiger partial charge in [-0.05, 0) is 30.7 Å². The average Bonchev–Trinajstić information content (AvgIpc) is 3.29. The standard InChI is InChI=1S/C17H17FN4S/c18-14-3-1-13(2-4-14)17-10-22(11-20-17)15-5-6-21(8-15)9-16-7-19-12-23-16/h1-4,7,10-12,15H,5-6,8-9H2. The lowest BCUT2D eigenvalue weighted by Gasteiger charge is -2.15. The van der Waals surface area contributed by atoms with Crippen LogP contribution in [-0.2, 0) is 6.54 Å². The van der Waals surface area contributed by atoms with Gasteiger partial charge in [0, 0.05) is 48.5 Å². The summed E-state index contributed by atoms with van der Waals surface area (Å²) in [6.45, 7) is 3.09. The molecule has 1 atom stereocenters. The van der Waals surface area contributed by atoms with Crippen LogP contribution in [0.4, 0.5) is 4.39 Å². The van der Waals surface area contributed by atoms with Gasteiger partial charge in [-0.2, -0.15) is 0 Å². The van der Waals surface area contributed by atoms with Crippen molar-refractivity contribution in [1.82, 2.24) is 19.4 Å². The summed E-state index contributed by atoms with van der Waals surface area (Å²) in [7, 11) is 0. The molecule has 3 aromatic rings. The molecule has 4 rings (SSSR count). The molecule has 1 unspecified atom stereocenters. The topological polar surface area (TPSA) is 34.0 Å². The molecule has 0 N–H and O–H groups in total. The van der Waals surface area contributed by atoms with Crippen molar-refractivity contribution in [3.8, 4) is 11.3 Å². The lowest BCUT2D eigenvalue weighted by Crippen LogP contribution is -2.20. The van der Waals surface area contributed by atoms with Gasteiger partial charge in [-0.25, -0.2) is 9.37 Å². The summed E-state index contributed by atoms with van der Waals surface area (Å²) in [5, 5.41) is 0. The Morgan fingerprint density at radius 2 is 2.13 bits per heavy atom. The number of nitrogens with zero attached hydrogens (tertiary/aromatic N) is 4. The number of hydrogen-bond donors (Lipinski definition) is 0. The number of aromatic nitrogens is 3. The summed E-state index contributed by atoms with van der Waals surface area (Å²) in [6, 6.07) is 6.94. The van der Waals surface area contributed by atoms with E-state index in [0.29, 0.717) is 6.04 Å². The van der Waals surface area contributed by atoms with Gasteiger partial charge in [0.1, 0.15) is 5.82 Å². The molecule has 1 saturated heterocycles. The summed E-state index contributed by atoms with van der Waals surface area (Å²) in [5.41, 5.74) is 3.73. The molecule has 1 fully saturated rings. The molecule has 2 aromatic heterocycles. The number of benzene rings is 1. The summed E-state index contributed by atoms with van der Waals surface area (Å²) >= 11 is 1.71. The molecular weight excluding hydrogens is 311 g/mol. The molecule has 0 radical (unpaired) electrons. The highest BCUT2D eigenvalue weighted by molar-refractivity contribution is 7.09. The minimum absolute atomic E-state index is 0.220. The Kier molecular flexibility index (Phi) is 3.93. The number of halogens is 1. The van der Waals surface area contributed by atoms with Gasteiger partial charge in [0.25, 0.3) is 0 Å². The summed E-state index contributed by atoms with van der Waals surface area (Å²) in [5.74, 6) is -0.220. The highest BCUT2D eigenvalue weighted by atomic mass is 32.1. The van der Waals surface area contributed by atoms with E-state index in [2.05, 4.69) is 25.6 Å². The van der Waals surface area contributed by atoms with Crippen LogP contribution in [0.25, 0.3) is 11.3 Å². The smallest absolute Gasteiger partial charge is 0.123 e. The summed E-state index contributed by atoms with van der Waals surface area (Å²) in [4.78, 5) is 12.4. The Morgan fingerprint density at radius 1 is 1.26 bits per heavy atom. The van der Waals surface area contributed by atoms with E-state index in [4.69, 9.17) is 0 Å². The Bertz CT molecular complexity index is 766. The zero-order chi connectivity index (χ0) is 15.6. The Balaban J connectivity index is 1.44. The van der Waals surface area contributed by atoms with E-state index < -0.39 is 0 Å². The maximum Gasteiger partial charge on any atom is 0.123 e. The lowest BCUT2D eigenvalue weighted by molar-refractivity contribution is 0.318. The minimum atomic E-state index is -0.220. The molecule has 23 heavy (non-hydrogen) atoms. The Labute approximate surface area is 138 Å². The Hall–Kier alpha value is -2.05. The van der Waals surface area contributed by atoms with E-state index in [1.54, 1.807) is 23.5 Å². The van der Waals surface area contributed by atoms with E-state index in [1.807, 2.05) is 18.0 Å². The molecule has 0 saturated carbocycles. The molecule has 0 aliphatic carbocycles. The summed E-state index contributed by atoms with van der Waals surface area (Å²) in [6.07, 6.45) is 7.02. The third-order valence-corrected chi connectivity index (χ3v) is 5.04. The molecule has 0 spiro atoms. The third kappa shape index (κ3) is 3.18. The zero-order valence-corrected chi connectivity index (χ0v) is 13.4. The van der Waals surface area contributed by atoms with Crippen LogP contribution in [0.1, 0.15) is 17.3 Å². The van der Waals surface area contributed by atoms with Crippen LogP contribution >= 0.6 is 11.3 Å². The van der Waals surface area contributed by atoms with E-state index in [9.17, 15) is 4.39 Å². The van der Waals surface area contributed by atoms with Crippen LogP contribution in [0.3, 0.4) is 0 Å². The first-order chi connectivity index (χ1) is 11.3. The first-order valence-electron chi connectivity index (χ1n) is 7.67. The molecule has 1 aromatic carbocycles. The van der Waals surface area contributed by atoms with Gasteiger partial charge in [0.2, 0.25) is 0 Å². The molecule has 118 valence electrons. The van der Waals surface area contributed by atoms with E-state index >= 15 is 0 Å². The van der Waals surface area contributed by atoms with Crippen molar-refractivity contribution in [1.29, 1.82) is 0 Å². The maximum absolute atomic E-state index is 13.0. The van der Waals surface area contributed by atoms with Crippen molar-refractivity contribution in [2.45, 2.75) is 19.0 Å². The number of thiazole rings is 1. The van der Waals surface area contributed by atoms with Crippen molar-refractivity contribution >= 4 is 11.3 Å². The van der Waals surface area contributed by atoms with Gasteiger partial charge >= 0.3 is 0 Å². The third-order valence-electron chi connectivity index (χ3n) is 4.27. The van der Waals surface area contributed by atoms with Crippen molar-refractivity contribution in [2.24, 2.45) is 0 Å². The number of imidazole rings is 1. The predicted molar refractivity (Wildman–Crippen MR) is 88.7 cm³/mol. The normalized spacial score (nSPS) is 18.6. The zero-order valence-electron chi connectivity index (χ0n) is 12.6. The predicted octanol–water partition coefficient (Wildman–Crippen LogP) is 3.59. The van der Waals surface area contributed by atoms with Gasteiger partial charge in [0.05, 0.1) is 17.5 Å². The van der Waals surface area contributed by atoms with Gasteiger partial charge in [-0.1, -0.05) is 0 Å². The maximum atomic E-state index is 13.0. The molecule has 1 aliphatic rings. The SMILES string of the molecule is Fc1ccc(-c2cn(C3CCN(Cc4cncs4)C3)cn2)cc1. The first kappa shape index (κ1) is 14.5. The first-order valence-corrected chi connectivity index (χ1v) is 8.55. The second-order valence-electron chi connectivity index (χ2n) is 5.86. The minimum Gasteiger partial charge on any atom is -0.332 e. The molecule has 4 nitrogen and oxygen atoms in total. The number of hydrogen-bond acceptors (Lipinski definition) is 4. The molecular formula is C17H17FN4S. The van der Waals surface area contributed by atoms with Crippen LogP contribution in [-0.4, -0.2) is 32.5 Å². The average molecular weight is 328 g/mol. The number of rotatable bonds is 4. The van der Waals surface area contributed by atoms with Crippen molar-refractivity contribution < 1.29 is 4.39 Å². The fourth-order valence-corrected chi connectivity index (χ4v) is 3.68. The van der Waals surface area contributed by atoms with Crippen LogP contribution in [0, 0.1) is 5.82 Å². The van der Waals surface area contributed by atoms with Gasteiger partial charge in [0.15, 0.2) is 0 Å².